The fraction of sp³-hybridized carbons (Fsp3) is 0.350. The highest BCUT2D eigenvalue weighted by atomic mass is 16.2. The van der Waals surface area contributed by atoms with E-state index < -0.39 is 0 Å². The van der Waals surface area contributed by atoms with Gasteiger partial charge >= 0.3 is 0 Å². The van der Waals surface area contributed by atoms with E-state index in [2.05, 4.69) is 41.1 Å². The molecule has 0 N–H and O–H groups in total. The Hall–Kier alpha value is -2.33. The molecule has 1 atom stereocenters. The molecule has 1 unspecified atom stereocenters. The van der Waals surface area contributed by atoms with Gasteiger partial charge < -0.3 is 9.80 Å². The van der Waals surface area contributed by atoms with Crippen LogP contribution < -0.4 is 4.90 Å². The number of benzene rings is 2. The summed E-state index contributed by atoms with van der Waals surface area (Å²) < 4.78 is 0. The van der Waals surface area contributed by atoms with Crippen LogP contribution in [0.1, 0.15) is 15.9 Å². The van der Waals surface area contributed by atoms with Gasteiger partial charge in [0, 0.05) is 57.1 Å². The molecule has 124 valence electrons. The summed E-state index contributed by atoms with van der Waals surface area (Å²) in [6.45, 7) is 4.46. The molecular weight excluding hydrogens is 298 g/mol. The Kier molecular flexibility index (Phi) is 3.98. The molecule has 4 rings (SSSR count). The van der Waals surface area contributed by atoms with Crippen molar-refractivity contribution in [3.05, 3.63) is 65.7 Å². The highest BCUT2D eigenvalue weighted by Gasteiger charge is 2.33. The van der Waals surface area contributed by atoms with Gasteiger partial charge in [-0.3, -0.25) is 9.69 Å². The van der Waals surface area contributed by atoms with Crippen molar-refractivity contribution in [1.82, 2.24) is 9.80 Å². The third kappa shape index (κ3) is 2.78. The Morgan fingerprint density at radius 2 is 1.71 bits per heavy atom. The van der Waals surface area contributed by atoms with Gasteiger partial charge in [-0.05, 0) is 23.8 Å². The molecule has 1 saturated heterocycles. The van der Waals surface area contributed by atoms with Gasteiger partial charge in [0.25, 0.3) is 5.91 Å². The van der Waals surface area contributed by atoms with Gasteiger partial charge in [0.15, 0.2) is 0 Å². The molecule has 4 nitrogen and oxygen atoms in total. The van der Waals surface area contributed by atoms with Crippen LogP contribution in [0, 0.1) is 0 Å². The monoisotopic (exact) mass is 321 g/mol. The Morgan fingerprint density at radius 3 is 2.54 bits per heavy atom. The molecular formula is C20H23N3O. The number of fused-ring (bicyclic) bond motifs is 2. The minimum absolute atomic E-state index is 0.152. The van der Waals surface area contributed by atoms with E-state index in [0.717, 1.165) is 38.3 Å². The molecule has 2 aromatic carbocycles. The van der Waals surface area contributed by atoms with Crippen LogP contribution in [0.4, 0.5) is 5.69 Å². The van der Waals surface area contributed by atoms with Gasteiger partial charge in [0.05, 0.1) is 0 Å². The maximum Gasteiger partial charge on any atom is 0.253 e. The van der Waals surface area contributed by atoms with Gasteiger partial charge in [0.2, 0.25) is 0 Å². The predicted molar refractivity (Wildman–Crippen MR) is 96.3 cm³/mol. The van der Waals surface area contributed by atoms with Crippen molar-refractivity contribution >= 4 is 11.6 Å². The average molecular weight is 321 g/mol. The number of carbonyl (C=O) groups excluding carboxylic acids is 1. The van der Waals surface area contributed by atoms with Crippen molar-refractivity contribution < 1.29 is 4.79 Å². The SMILES string of the molecule is CN1CC2CN(C(=O)c3ccccc3)CCN2Cc2ccccc21. The molecule has 2 aromatic rings. The number of hydrogen-bond donors (Lipinski definition) is 0. The van der Waals surface area contributed by atoms with Gasteiger partial charge in [0.1, 0.15) is 0 Å². The van der Waals surface area contributed by atoms with E-state index in [1.165, 1.54) is 11.3 Å². The third-order valence-electron chi connectivity index (χ3n) is 5.17. The number of nitrogens with zero attached hydrogens (tertiary/aromatic N) is 3. The van der Waals surface area contributed by atoms with Crippen molar-refractivity contribution in [2.24, 2.45) is 0 Å². The zero-order chi connectivity index (χ0) is 16.5. The highest BCUT2D eigenvalue weighted by molar-refractivity contribution is 5.94. The predicted octanol–water partition coefficient (Wildman–Crippen LogP) is 2.46. The number of carbonyl (C=O) groups is 1. The lowest BCUT2D eigenvalue weighted by molar-refractivity contribution is 0.0485. The van der Waals surface area contributed by atoms with Gasteiger partial charge in [-0.15, -0.1) is 0 Å². The number of piperazine rings is 1. The van der Waals surface area contributed by atoms with Crippen LogP contribution in [0.2, 0.25) is 0 Å². The molecule has 0 spiro atoms. The van der Waals surface area contributed by atoms with Crippen LogP contribution >= 0.6 is 0 Å². The number of likely N-dealkylation sites (N-methyl/N-ethyl adjacent to an activating group) is 1. The molecule has 0 aliphatic carbocycles. The summed E-state index contributed by atoms with van der Waals surface area (Å²) in [7, 11) is 2.15. The zero-order valence-electron chi connectivity index (χ0n) is 14.1. The molecule has 0 saturated carbocycles. The summed E-state index contributed by atoms with van der Waals surface area (Å²) in [5, 5.41) is 0. The van der Waals surface area contributed by atoms with E-state index in [-0.39, 0.29) is 5.91 Å². The maximum atomic E-state index is 12.8. The van der Waals surface area contributed by atoms with E-state index >= 15 is 0 Å². The summed E-state index contributed by atoms with van der Waals surface area (Å²) in [6.07, 6.45) is 0. The van der Waals surface area contributed by atoms with E-state index in [9.17, 15) is 4.79 Å². The van der Waals surface area contributed by atoms with Crippen LogP contribution in [0.15, 0.2) is 54.6 Å². The highest BCUT2D eigenvalue weighted by Crippen LogP contribution is 2.27. The average Bonchev–Trinajstić information content (AvgIpc) is 2.77. The molecule has 1 fully saturated rings. The second kappa shape index (κ2) is 6.29. The molecule has 24 heavy (non-hydrogen) atoms. The van der Waals surface area contributed by atoms with Crippen LogP contribution in [-0.4, -0.2) is 55.0 Å². The number of rotatable bonds is 1. The lowest BCUT2D eigenvalue weighted by Crippen LogP contribution is -2.56. The smallest absolute Gasteiger partial charge is 0.253 e. The van der Waals surface area contributed by atoms with Crippen molar-refractivity contribution in [3.63, 3.8) is 0 Å². The Bertz CT molecular complexity index is 731. The van der Waals surface area contributed by atoms with E-state index in [0.29, 0.717) is 6.04 Å². The minimum atomic E-state index is 0.152. The standard InChI is InChI=1S/C20H23N3O/c1-21-14-18-15-23(20(24)16-7-3-2-4-8-16)12-11-22(18)13-17-9-5-6-10-19(17)21/h2-10,18H,11-15H2,1H3. The van der Waals surface area contributed by atoms with E-state index in [1.54, 1.807) is 0 Å². The lowest BCUT2D eigenvalue weighted by atomic mass is 10.1. The number of anilines is 1. The number of hydrogen-bond acceptors (Lipinski definition) is 3. The Labute approximate surface area is 143 Å². The molecule has 0 radical (unpaired) electrons. The third-order valence-corrected chi connectivity index (χ3v) is 5.17. The van der Waals surface area contributed by atoms with Crippen molar-refractivity contribution in [2.75, 3.05) is 38.1 Å². The first kappa shape index (κ1) is 15.2. The zero-order valence-corrected chi connectivity index (χ0v) is 14.1. The second-order valence-electron chi connectivity index (χ2n) is 6.75. The lowest BCUT2D eigenvalue weighted by Gasteiger charge is -2.41. The van der Waals surface area contributed by atoms with Crippen LogP contribution in [0.25, 0.3) is 0 Å². The van der Waals surface area contributed by atoms with Crippen LogP contribution in [0.3, 0.4) is 0 Å². The largest absolute Gasteiger partial charge is 0.373 e. The molecule has 4 heteroatoms. The van der Waals surface area contributed by atoms with Crippen molar-refractivity contribution in [1.29, 1.82) is 0 Å². The summed E-state index contributed by atoms with van der Waals surface area (Å²) in [4.78, 5) is 19.6. The fourth-order valence-electron chi connectivity index (χ4n) is 3.87. The van der Waals surface area contributed by atoms with Gasteiger partial charge in [-0.1, -0.05) is 36.4 Å². The minimum Gasteiger partial charge on any atom is -0.373 e. The Morgan fingerprint density at radius 1 is 0.958 bits per heavy atom. The first-order valence-electron chi connectivity index (χ1n) is 8.60. The first-order chi connectivity index (χ1) is 11.7. The Balaban J connectivity index is 1.53. The van der Waals surface area contributed by atoms with E-state index in [1.807, 2.05) is 35.2 Å². The number of amides is 1. The topological polar surface area (TPSA) is 26.8 Å². The van der Waals surface area contributed by atoms with Gasteiger partial charge in [-0.2, -0.15) is 0 Å². The molecule has 2 heterocycles. The molecule has 1 amide bonds. The summed E-state index contributed by atoms with van der Waals surface area (Å²) in [5.74, 6) is 0.152. The first-order valence-corrected chi connectivity index (χ1v) is 8.60. The second-order valence-corrected chi connectivity index (χ2v) is 6.75. The fourth-order valence-corrected chi connectivity index (χ4v) is 3.87. The van der Waals surface area contributed by atoms with Crippen molar-refractivity contribution in [3.8, 4) is 0 Å². The maximum absolute atomic E-state index is 12.8. The summed E-state index contributed by atoms with van der Waals surface area (Å²) >= 11 is 0. The van der Waals surface area contributed by atoms with E-state index in [4.69, 9.17) is 0 Å². The van der Waals surface area contributed by atoms with Crippen molar-refractivity contribution in [2.45, 2.75) is 12.6 Å². The molecule has 0 bridgehead atoms. The number of para-hydroxylation sites is 1. The van der Waals surface area contributed by atoms with Gasteiger partial charge in [-0.25, -0.2) is 0 Å². The van der Waals surface area contributed by atoms with Crippen LogP contribution in [0.5, 0.6) is 0 Å². The summed E-state index contributed by atoms with van der Waals surface area (Å²) in [5.41, 5.74) is 3.48. The molecule has 2 aliphatic heterocycles. The van der Waals surface area contributed by atoms with Crippen LogP contribution in [-0.2, 0) is 6.54 Å². The molecule has 2 aliphatic rings. The molecule has 0 aromatic heterocycles. The summed E-state index contributed by atoms with van der Waals surface area (Å²) in [6, 6.07) is 18.6. The quantitative estimate of drug-likeness (QED) is 0.807. The normalized spacial score (nSPS) is 21.0.